The summed E-state index contributed by atoms with van der Waals surface area (Å²) in [6.45, 7) is -0.675. The lowest BCUT2D eigenvalue weighted by Gasteiger charge is -2.02. The van der Waals surface area contributed by atoms with Gasteiger partial charge in [0.25, 0.3) is 10.1 Å². The summed E-state index contributed by atoms with van der Waals surface area (Å²) >= 11 is 0. The fourth-order valence-electron chi connectivity index (χ4n) is 0.611. The van der Waals surface area contributed by atoms with Crippen LogP contribution >= 0.6 is 0 Å². The molecule has 1 atom stereocenters. The maximum atomic E-state index is 12.4. The Hall–Kier alpha value is -0.230. The average Bonchev–Trinajstić information content (AvgIpc) is 1.79. The van der Waals surface area contributed by atoms with Crippen LogP contribution in [0.1, 0.15) is 12.8 Å². The number of hydrogen-bond donors (Lipinski definition) is 1. The third kappa shape index (κ3) is 7.67. The predicted octanol–water partition coefficient (Wildman–Crippen LogP) is 0.962. The summed E-state index contributed by atoms with van der Waals surface area (Å²) < 4.78 is 52.0. The quantitative estimate of drug-likeness (QED) is 0.654. The number of rotatable bonds is 5. The summed E-state index contributed by atoms with van der Waals surface area (Å²) in [7, 11) is -4.25. The minimum Gasteiger partial charge on any atom is -0.285 e. The first-order valence-electron chi connectivity index (χ1n) is 3.11. The van der Waals surface area contributed by atoms with E-state index in [-0.39, 0.29) is 12.8 Å². The number of hydrogen-bond acceptors (Lipinski definition) is 2. The standard InChI is InChI=1S/C5H10F2O3S/c6-3-1-2-5(7)4-11(8,9)10/h5H,1-4H2,(H,8,9,10). The molecule has 0 heterocycles. The van der Waals surface area contributed by atoms with E-state index in [2.05, 4.69) is 0 Å². The maximum Gasteiger partial charge on any atom is 0.267 e. The maximum absolute atomic E-state index is 12.4. The van der Waals surface area contributed by atoms with Crippen molar-refractivity contribution in [1.82, 2.24) is 0 Å². The van der Waals surface area contributed by atoms with Crippen molar-refractivity contribution in [3.63, 3.8) is 0 Å². The highest BCUT2D eigenvalue weighted by atomic mass is 32.2. The van der Waals surface area contributed by atoms with Gasteiger partial charge >= 0.3 is 0 Å². The lowest BCUT2D eigenvalue weighted by molar-refractivity contribution is 0.312. The summed E-state index contributed by atoms with van der Waals surface area (Å²) in [5.41, 5.74) is 0. The zero-order valence-corrected chi connectivity index (χ0v) is 6.65. The van der Waals surface area contributed by atoms with Crippen molar-refractivity contribution in [3.8, 4) is 0 Å². The molecule has 1 N–H and O–H groups in total. The molecule has 0 aliphatic carbocycles. The molecule has 0 aliphatic heterocycles. The number of alkyl halides is 2. The molecule has 11 heavy (non-hydrogen) atoms. The fourth-order valence-corrected chi connectivity index (χ4v) is 1.23. The highest BCUT2D eigenvalue weighted by Crippen LogP contribution is 2.04. The molecule has 0 amide bonds. The molecular formula is C5H10F2O3S. The van der Waals surface area contributed by atoms with Crippen LogP contribution in [0.4, 0.5) is 8.78 Å². The van der Waals surface area contributed by atoms with Gasteiger partial charge in [-0.05, 0) is 12.8 Å². The van der Waals surface area contributed by atoms with Crippen LogP contribution in [0.15, 0.2) is 0 Å². The Morgan fingerprint density at radius 1 is 1.45 bits per heavy atom. The van der Waals surface area contributed by atoms with Crippen LogP contribution in [-0.4, -0.2) is 31.6 Å². The van der Waals surface area contributed by atoms with Crippen LogP contribution < -0.4 is 0 Å². The van der Waals surface area contributed by atoms with E-state index in [1.54, 1.807) is 0 Å². The van der Waals surface area contributed by atoms with Crippen molar-refractivity contribution in [3.05, 3.63) is 0 Å². The molecule has 0 aliphatic rings. The third-order valence-electron chi connectivity index (χ3n) is 1.04. The van der Waals surface area contributed by atoms with Gasteiger partial charge in [0.15, 0.2) is 0 Å². The van der Waals surface area contributed by atoms with Crippen LogP contribution in [0.3, 0.4) is 0 Å². The smallest absolute Gasteiger partial charge is 0.267 e. The Bertz CT molecular complexity index is 190. The highest BCUT2D eigenvalue weighted by Gasteiger charge is 2.14. The Morgan fingerprint density at radius 2 is 2.00 bits per heavy atom. The van der Waals surface area contributed by atoms with Gasteiger partial charge in [0.1, 0.15) is 11.9 Å². The summed E-state index contributed by atoms with van der Waals surface area (Å²) in [4.78, 5) is 0. The zero-order chi connectivity index (χ0) is 8.91. The van der Waals surface area contributed by atoms with Gasteiger partial charge in [-0.3, -0.25) is 8.94 Å². The van der Waals surface area contributed by atoms with Crippen LogP contribution in [-0.2, 0) is 10.1 Å². The van der Waals surface area contributed by atoms with E-state index >= 15 is 0 Å². The molecule has 0 saturated carbocycles. The van der Waals surface area contributed by atoms with E-state index in [1.165, 1.54) is 0 Å². The summed E-state index contributed by atoms with van der Waals surface area (Å²) in [5, 5.41) is 0. The van der Waals surface area contributed by atoms with E-state index in [1.807, 2.05) is 0 Å². The van der Waals surface area contributed by atoms with Crippen LogP contribution in [0.25, 0.3) is 0 Å². The summed E-state index contributed by atoms with van der Waals surface area (Å²) in [6, 6.07) is 0. The summed E-state index contributed by atoms with van der Waals surface area (Å²) in [5.74, 6) is -0.937. The van der Waals surface area contributed by atoms with E-state index in [0.717, 1.165) is 0 Å². The monoisotopic (exact) mass is 188 g/mol. The van der Waals surface area contributed by atoms with Crippen molar-refractivity contribution in [2.75, 3.05) is 12.4 Å². The van der Waals surface area contributed by atoms with E-state index < -0.39 is 28.7 Å². The van der Waals surface area contributed by atoms with E-state index in [4.69, 9.17) is 4.55 Å². The first-order valence-corrected chi connectivity index (χ1v) is 4.72. The van der Waals surface area contributed by atoms with Crippen LogP contribution in [0.5, 0.6) is 0 Å². The second kappa shape index (κ2) is 4.61. The van der Waals surface area contributed by atoms with Gasteiger partial charge in [-0.2, -0.15) is 8.42 Å². The lowest BCUT2D eigenvalue weighted by atomic mass is 10.2. The topological polar surface area (TPSA) is 54.4 Å². The van der Waals surface area contributed by atoms with Gasteiger partial charge in [-0.1, -0.05) is 0 Å². The molecule has 68 valence electrons. The largest absolute Gasteiger partial charge is 0.285 e. The molecule has 0 aromatic rings. The van der Waals surface area contributed by atoms with Gasteiger partial charge in [-0.15, -0.1) is 0 Å². The van der Waals surface area contributed by atoms with Crippen molar-refractivity contribution in [1.29, 1.82) is 0 Å². The van der Waals surface area contributed by atoms with Gasteiger partial charge in [0.05, 0.1) is 6.67 Å². The molecular weight excluding hydrogens is 178 g/mol. The zero-order valence-electron chi connectivity index (χ0n) is 5.83. The van der Waals surface area contributed by atoms with Gasteiger partial charge in [-0.25, -0.2) is 4.39 Å². The van der Waals surface area contributed by atoms with Crippen LogP contribution in [0.2, 0.25) is 0 Å². The molecule has 0 spiro atoms. The molecule has 0 radical (unpaired) electrons. The van der Waals surface area contributed by atoms with Gasteiger partial charge < -0.3 is 0 Å². The molecule has 0 saturated heterocycles. The second-order valence-corrected chi connectivity index (χ2v) is 3.67. The van der Waals surface area contributed by atoms with Gasteiger partial charge in [0, 0.05) is 0 Å². The van der Waals surface area contributed by atoms with Crippen molar-refractivity contribution in [2.45, 2.75) is 19.0 Å². The summed E-state index contributed by atoms with van der Waals surface area (Å²) in [6.07, 6.45) is -1.85. The predicted molar refractivity (Wildman–Crippen MR) is 36.5 cm³/mol. The Morgan fingerprint density at radius 3 is 2.36 bits per heavy atom. The van der Waals surface area contributed by atoms with Crippen LogP contribution in [0, 0.1) is 0 Å². The molecule has 6 heteroatoms. The van der Waals surface area contributed by atoms with Crippen molar-refractivity contribution >= 4 is 10.1 Å². The fraction of sp³-hybridized carbons (Fsp3) is 1.00. The SMILES string of the molecule is O=S(=O)(O)CC(F)CCCF. The van der Waals surface area contributed by atoms with Crippen molar-refractivity contribution < 1.29 is 21.8 Å². The molecule has 0 bridgehead atoms. The third-order valence-corrected chi connectivity index (χ3v) is 1.83. The molecule has 0 aromatic carbocycles. The van der Waals surface area contributed by atoms with Crippen molar-refractivity contribution in [2.24, 2.45) is 0 Å². The molecule has 1 unspecified atom stereocenters. The average molecular weight is 188 g/mol. The Kier molecular flexibility index (Phi) is 4.51. The van der Waals surface area contributed by atoms with Gasteiger partial charge in [0.2, 0.25) is 0 Å². The van der Waals surface area contributed by atoms with E-state index in [0.29, 0.717) is 0 Å². The first kappa shape index (κ1) is 10.8. The molecule has 0 fully saturated rings. The molecule has 3 nitrogen and oxygen atoms in total. The molecule has 0 rings (SSSR count). The Balaban J connectivity index is 3.61. The molecule has 0 aromatic heterocycles. The first-order chi connectivity index (χ1) is 4.95. The normalized spacial score (nSPS) is 14.8. The second-order valence-electron chi connectivity index (χ2n) is 2.18. The Labute approximate surface area is 64.2 Å². The number of halogens is 2. The minimum absolute atomic E-state index is 0.0172. The van der Waals surface area contributed by atoms with E-state index in [9.17, 15) is 17.2 Å². The minimum atomic E-state index is -4.25. The highest BCUT2D eigenvalue weighted by molar-refractivity contribution is 7.85. The lowest BCUT2D eigenvalue weighted by Crippen LogP contribution is -2.16.